The maximum atomic E-state index is 12.6. The molecular formula is C16H22N2O3S. The van der Waals surface area contributed by atoms with Crippen LogP contribution in [0.1, 0.15) is 19.3 Å². The van der Waals surface area contributed by atoms with Gasteiger partial charge in [0, 0.05) is 19.1 Å². The summed E-state index contributed by atoms with van der Waals surface area (Å²) in [6.07, 6.45) is 3.52. The molecule has 6 heteroatoms. The fourth-order valence-corrected chi connectivity index (χ4v) is 5.50. The van der Waals surface area contributed by atoms with E-state index in [9.17, 15) is 8.42 Å². The van der Waals surface area contributed by atoms with Gasteiger partial charge in [-0.05, 0) is 44.5 Å². The SMILES string of the molecule is O=S(=O)(c1ccccc1)N1CC2(CC(N3CCCC3)CO2)C1. The summed E-state index contributed by atoms with van der Waals surface area (Å²) in [6.45, 7) is 4.06. The lowest BCUT2D eigenvalue weighted by Gasteiger charge is -2.46. The van der Waals surface area contributed by atoms with Gasteiger partial charge in [0.25, 0.3) is 0 Å². The summed E-state index contributed by atoms with van der Waals surface area (Å²) < 4.78 is 32.7. The van der Waals surface area contributed by atoms with Gasteiger partial charge < -0.3 is 4.74 Å². The highest BCUT2D eigenvalue weighted by Gasteiger charge is 2.54. The first-order chi connectivity index (χ1) is 10.6. The second-order valence-electron chi connectivity index (χ2n) is 6.68. The lowest BCUT2D eigenvalue weighted by molar-refractivity contribution is -0.0774. The molecule has 1 aromatic carbocycles. The maximum Gasteiger partial charge on any atom is 0.243 e. The second kappa shape index (κ2) is 5.30. The maximum absolute atomic E-state index is 12.6. The molecule has 1 aromatic rings. The molecule has 0 bridgehead atoms. The predicted molar refractivity (Wildman–Crippen MR) is 83.1 cm³/mol. The molecule has 3 saturated heterocycles. The Labute approximate surface area is 131 Å². The topological polar surface area (TPSA) is 49.9 Å². The molecule has 1 spiro atoms. The predicted octanol–water partition coefficient (Wildman–Crippen LogP) is 1.31. The standard InChI is InChI=1S/C16H22N2O3S/c19-22(20,15-6-2-1-3-7-15)18-12-16(13-18)10-14(11-21-16)17-8-4-5-9-17/h1-3,6-7,14H,4-5,8-13H2. The van der Waals surface area contributed by atoms with Crippen molar-refractivity contribution in [3.63, 3.8) is 0 Å². The third kappa shape index (κ3) is 2.38. The number of rotatable bonds is 3. The first-order valence-corrected chi connectivity index (χ1v) is 9.46. The van der Waals surface area contributed by atoms with Gasteiger partial charge in [-0.3, -0.25) is 4.90 Å². The summed E-state index contributed by atoms with van der Waals surface area (Å²) in [5.74, 6) is 0. The van der Waals surface area contributed by atoms with Gasteiger partial charge in [0.05, 0.1) is 17.1 Å². The lowest BCUT2D eigenvalue weighted by Crippen LogP contribution is -2.63. The van der Waals surface area contributed by atoms with Crippen LogP contribution in [0.2, 0.25) is 0 Å². The number of hydrogen-bond acceptors (Lipinski definition) is 4. The van der Waals surface area contributed by atoms with Crippen molar-refractivity contribution in [1.29, 1.82) is 0 Å². The number of nitrogens with zero attached hydrogens (tertiary/aromatic N) is 2. The molecule has 0 N–H and O–H groups in total. The van der Waals surface area contributed by atoms with Crippen LogP contribution < -0.4 is 0 Å². The Morgan fingerprint density at radius 1 is 1.09 bits per heavy atom. The summed E-state index contributed by atoms with van der Waals surface area (Å²) in [5.41, 5.74) is -0.241. The monoisotopic (exact) mass is 322 g/mol. The van der Waals surface area contributed by atoms with E-state index in [2.05, 4.69) is 4.90 Å². The molecule has 0 radical (unpaired) electrons. The minimum atomic E-state index is -3.36. The summed E-state index contributed by atoms with van der Waals surface area (Å²) >= 11 is 0. The summed E-state index contributed by atoms with van der Waals surface area (Å²) in [5, 5.41) is 0. The van der Waals surface area contributed by atoms with Gasteiger partial charge in [-0.2, -0.15) is 4.31 Å². The van der Waals surface area contributed by atoms with Gasteiger partial charge in [0.1, 0.15) is 0 Å². The third-order valence-electron chi connectivity index (χ3n) is 5.16. The molecule has 3 fully saturated rings. The van der Waals surface area contributed by atoms with E-state index in [4.69, 9.17) is 4.74 Å². The van der Waals surface area contributed by atoms with E-state index in [1.54, 1.807) is 28.6 Å². The quantitative estimate of drug-likeness (QED) is 0.842. The van der Waals surface area contributed by atoms with Crippen molar-refractivity contribution in [2.75, 3.05) is 32.8 Å². The van der Waals surface area contributed by atoms with Gasteiger partial charge >= 0.3 is 0 Å². The first kappa shape index (κ1) is 14.6. The Morgan fingerprint density at radius 2 is 1.77 bits per heavy atom. The number of ether oxygens (including phenoxy) is 1. The molecule has 3 aliphatic rings. The normalized spacial score (nSPS) is 29.0. The van der Waals surface area contributed by atoms with Gasteiger partial charge in [0.2, 0.25) is 10.0 Å². The van der Waals surface area contributed by atoms with Gasteiger partial charge in [-0.25, -0.2) is 8.42 Å². The molecule has 4 rings (SSSR count). The highest BCUT2D eigenvalue weighted by atomic mass is 32.2. The smallest absolute Gasteiger partial charge is 0.243 e. The molecule has 3 heterocycles. The zero-order valence-corrected chi connectivity index (χ0v) is 13.5. The Balaban J connectivity index is 1.42. The zero-order valence-electron chi connectivity index (χ0n) is 12.6. The fraction of sp³-hybridized carbons (Fsp3) is 0.625. The van der Waals surface area contributed by atoms with Crippen LogP contribution in [-0.4, -0.2) is 62.1 Å². The van der Waals surface area contributed by atoms with E-state index in [1.807, 2.05) is 6.07 Å². The van der Waals surface area contributed by atoms with Crippen LogP contribution in [0.4, 0.5) is 0 Å². The van der Waals surface area contributed by atoms with Gasteiger partial charge in [-0.15, -0.1) is 0 Å². The summed E-state index contributed by atoms with van der Waals surface area (Å²) in [7, 11) is -3.36. The largest absolute Gasteiger partial charge is 0.371 e. The van der Waals surface area contributed by atoms with Gasteiger partial charge in [-0.1, -0.05) is 18.2 Å². The van der Waals surface area contributed by atoms with E-state index in [0.717, 1.165) is 26.1 Å². The average Bonchev–Trinajstić information content (AvgIpc) is 3.15. The van der Waals surface area contributed by atoms with Crippen molar-refractivity contribution >= 4 is 10.0 Å². The highest BCUT2D eigenvalue weighted by molar-refractivity contribution is 7.89. The molecule has 5 nitrogen and oxygen atoms in total. The fourth-order valence-electron chi connectivity index (χ4n) is 3.89. The van der Waals surface area contributed by atoms with Crippen LogP contribution >= 0.6 is 0 Å². The van der Waals surface area contributed by atoms with E-state index in [1.165, 1.54) is 12.8 Å². The van der Waals surface area contributed by atoms with Crippen molar-refractivity contribution < 1.29 is 13.2 Å². The Hall–Kier alpha value is -0.950. The Bertz CT molecular complexity index is 635. The molecule has 3 aliphatic heterocycles. The number of benzene rings is 1. The molecule has 0 aromatic heterocycles. The molecule has 22 heavy (non-hydrogen) atoms. The van der Waals surface area contributed by atoms with E-state index < -0.39 is 10.0 Å². The lowest BCUT2D eigenvalue weighted by atomic mass is 9.91. The number of likely N-dealkylation sites (tertiary alicyclic amines) is 1. The molecule has 120 valence electrons. The molecule has 0 saturated carbocycles. The molecule has 0 amide bonds. The van der Waals surface area contributed by atoms with E-state index >= 15 is 0 Å². The van der Waals surface area contributed by atoms with Crippen LogP contribution in [0.15, 0.2) is 35.2 Å². The second-order valence-corrected chi connectivity index (χ2v) is 8.62. The van der Waals surface area contributed by atoms with E-state index in [-0.39, 0.29) is 5.60 Å². The van der Waals surface area contributed by atoms with Crippen molar-refractivity contribution in [2.24, 2.45) is 0 Å². The minimum Gasteiger partial charge on any atom is -0.371 e. The van der Waals surface area contributed by atoms with Crippen molar-refractivity contribution in [2.45, 2.75) is 35.8 Å². The molecule has 0 aliphatic carbocycles. The van der Waals surface area contributed by atoms with E-state index in [0.29, 0.717) is 24.0 Å². The van der Waals surface area contributed by atoms with Crippen molar-refractivity contribution in [1.82, 2.24) is 9.21 Å². The summed E-state index contributed by atoms with van der Waals surface area (Å²) in [4.78, 5) is 2.88. The third-order valence-corrected chi connectivity index (χ3v) is 6.96. The molecule has 1 unspecified atom stereocenters. The van der Waals surface area contributed by atoms with Crippen LogP contribution in [0.5, 0.6) is 0 Å². The summed E-state index contributed by atoms with van der Waals surface area (Å²) in [6, 6.07) is 9.14. The van der Waals surface area contributed by atoms with Crippen LogP contribution in [0.25, 0.3) is 0 Å². The minimum absolute atomic E-state index is 0.241. The Kier molecular flexibility index (Phi) is 3.52. The molecule has 1 atom stereocenters. The number of hydrogen-bond donors (Lipinski definition) is 0. The van der Waals surface area contributed by atoms with Crippen LogP contribution in [-0.2, 0) is 14.8 Å². The van der Waals surface area contributed by atoms with Crippen LogP contribution in [0, 0.1) is 0 Å². The first-order valence-electron chi connectivity index (χ1n) is 8.02. The zero-order chi connectivity index (χ0) is 15.2. The highest BCUT2D eigenvalue weighted by Crippen LogP contribution is 2.40. The average molecular weight is 322 g/mol. The number of sulfonamides is 1. The van der Waals surface area contributed by atoms with Gasteiger partial charge in [0.15, 0.2) is 0 Å². The molecular weight excluding hydrogens is 300 g/mol. The Morgan fingerprint density at radius 3 is 2.45 bits per heavy atom. The van der Waals surface area contributed by atoms with Crippen molar-refractivity contribution in [3.05, 3.63) is 30.3 Å². The van der Waals surface area contributed by atoms with Crippen molar-refractivity contribution in [3.8, 4) is 0 Å². The van der Waals surface area contributed by atoms with Crippen LogP contribution in [0.3, 0.4) is 0 Å².